The lowest BCUT2D eigenvalue weighted by Gasteiger charge is -2.14. The molecule has 148 valence electrons. The second-order valence-corrected chi connectivity index (χ2v) is 6.76. The number of aromatic nitrogens is 2. The average molecular weight is 489 g/mol. The summed E-state index contributed by atoms with van der Waals surface area (Å²) in [6.45, 7) is 6.59. The first-order valence-corrected chi connectivity index (χ1v) is 9.18. The molecule has 0 aliphatic carbocycles. The molecule has 0 saturated heterocycles. The first-order chi connectivity index (χ1) is 13.1. The summed E-state index contributed by atoms with van der Waals surface area (Å²) in [6.07, 6.45) is 5.61. The first kappa shape index (κ1) is 21.9. The normalized spacial score (nSPS) is 11.0. The van der Waals surface area contributed by atoms with E-state index in [1.807, 2.05) is 12.5 Å². The highest BCUT2D eigenvalue weighted by molar-refractivity contribution is 14.0. The standard InChI is InChI=1S/C22H27N5.HI/c1-17-4-9-21(18(2)12-17)14-26-22(23-3)25-13-19-5-7-20(8-6-19)15-27-11-10-24-16-27;/h4-12,16H,13-15H2,1-3H3,(H2,23,25,26);1H. The molecule has 0 fully saturated rings. The molecule has 28 heavy (non-hydrogen) atoms. The van der Waals surface area contributed by atoms with Crippen molar-refractivity contribution in [1.82, 2.24) is 20.2 Å². The molecule has 0 saturated carbocycles. The number of aryl methyl sites for hydroxylation is 2. The number of benzene rings is 2. The first-order valence-electron chi connectivity index (χ1n) is 9.18. The van der Waals surface area contributed by atoms with E-state index in [0.29, 0.717) is 0 Å². The van der Waals surface area contributed by atoms with E-state index in [2.05, 4.69) is 81.5 Å². The number of nitrogens with one attached hydrogen (secondary N) is 2. The van der Waals surface area contributed by atoms with E-state index < -0.39 is 0 Å². The molecule has 0 amide bonds. The fraction of sp³-hybridized carbons (Fsp3) is 0.273. The second-order valence-electron chi connectivity index (χ2n) is 6.76. The van der Waals surface area contributed by atoms with E-state index in [9.17, 15) is 0 Å². The van der Waals surface area contributed by atoms with Crippen molar-refractivity contribution < 1.29 is 0 Å². The van der Waals surface area contributed by atoms with Gasteiger partial charge in [0.2, 0.25) is 0 Å². The number of guanidine groups is 1. The van der Waals surface area contributed by atoms with Gasteiger partial charge in [0.15, 0.2) is 5.96 Å². The third-order valence-electron chi connectivity index (χ3n) is 4.58. The van der Waals surface area contributed by atoms with Gasteiger partial charge in [-0.2, -0.15) is 0 Å². The van der Waals surface area contributed by atoms with Gasteiger partial charge in [-0.15, -0.1) is 24.0 Å². The van der Waals surface area contributed by atoms with Crippen LogP contribution in [0.15, 0.2) is 66.2 Å². The minimum Gasteiger partial charge on any atom is -0.352 e. The Morgan fingerprint density at radius 1 is 1.00 bits per heavy atom. The van der Waals surface area contributed by atoms with Crippen molar-refractivity contribution >= 4 is 29.9 Å². The molecule has 0 spiro atoms. The van der Waals surface area contributed by atoms with Crippen LogP contribution >= 0.6 is 24.0 Å². The van der Waals surface area contributed by atoms with Gasteiger partial charge in [0.25, 0.3) is 0 Å². The fourth-order valence-electron chi connectivity index (χ4n) is 2.98. The Balaban J connectivity index is 0.00000280. The molecule has 0 radical (unpaired) electrons. The van der Waals surface area contributed by atoms with Gasteiger partial charge in [-0.3, -0.25) is 4.99 Å². The molecule has 3 aromatic rings. The SMILES string of the molecule is CN=C(NCc1ccc(Cn2ccnc2)cc1)NCc1ccc(C)cc1C.I. The van der Waals surface area contributed by atoms with Gasteiger partial charge in [0.05, 0.1) is 6.33 Å². The zero-order chi connectivity index (χ0) is 19.1. The van der Waals surface area contributed by atoms with Crippen LogP contribution < -0.4 is 10.6 Å². The smallest absolute Gasteiger partial charge is 0.191 e. The Labute approximate surface area is 184 Å². The summed E-state index contributed by atoms with van der Waals surface area (Å²) in [5.74, 6) is 0.803. The van der Waals surface area contributed by atoms with Crippen molar-refractivity contribution in [2.24, 2.45) is 4.99 Å². The van der Waals surface area contributed by atoms with E-state index in [-0.39, 0.29) is 24.0 Å². The molecule has 1 heterocycles. The highest BCUT2D eigenvalue weighted by atomic mass is 127. The summed E-state index contributed by atoms with van der Waals surface area (Å²) >= 11 is 0. The number of imidazole rings is 1. The maximum atomic E-state index is 4.32. The lowest BCUT2D eigenvalue weighted by atomic mass is 10.1. The summed E-state index contributed by atoms with van der Waals surface area (Å²) < 4.78 is 2.06. The van der Waals surface area contributed by atoms with Gasteiger partial charge in [-0.05, 0) is 36.1 Å². The lowest BCUT2D eigenvalue weighted by Crippen LogP contribution is -2.36. The topological polar surface area (TPSA) is 54.2 Å². The Kier molecular flexibility index (Phi) is 8.50. The highest BCUT2D eigenvalue weighted by Gasteiger charge is 2.02. The molecule has 2 N–H and O–H groups in total. The molecule has 0 aliphatic rings. The highest BCUT2D eigenvalue weighted by Crippen LogP contribution is 2.10. The van der Waals surface area contributed by atoms with Crippen molar-refractivity contribution in [1.29, 1.82) is 0 Å². The van der Waals surface area contributed by atoms with Gasteiger partial charge >= 0.3 is 0 Å². The van der Waals surface area contributed by atoms with E-state index in [1.165, 1.54) is 27.8 Å². The van der Waals surface area contributed by atoms with E-state index in [0.717, 1.165) is 25.6 Å². The number of aliphatic imine (C=N–C) groups is 1. The monoisotopic (exact) mass is 489 g/mol. The van der Waals surface area contributed by atoms with Gasteiger partial charge < -0.3 is 15.2 Å². The summed E-state index contributed by atoms with van der Waals surface area (Å²) in [4.78, 5) is 8.39. The van der Waals surface area contributed by atoms with Crippen LogP contribution in [0.1, 0.15) is 27.8 Å². The van der Waals surface area contributed by atoms with Gasteiger partial charge in [-0.1, -0.05) is 48.0 Å². The zero-order valence-corrected chi connectivity index (χ0v) is 19.0. The predicted octanol–water partition coefficient (Wildman–Crippen LogP) is 4.03. The van der Waals surface area contributed by atoms with E-state index in [4.69, 9.17) is 0 Å². The van der Waals surface area contributed by atoms with Crippen molar-refractivity contribution in [2.45, 2.75) is 33.5 Å². The molecular weight excluding hydrogens is 461 g/mol. The molecule has 1 aromatic heterocycles. The van der Waals surface area contributed by atoms with E-state index >= 15 is 0 Å². The Morgan fingerprint density at radius 3 is 2.36 bits per heavy atom. The fourth-order valence-corrected chi connectivity index (χ4v) is 2.98. The van der Waals surface area contributed by atoms with Crippen LogP contribution in [0, 0.1) is 13.8 Å². The molecular formula is C22H28IN5. The number of rotatable bonds is 6. The molecule has 0 atom stereocenters. The van der Waals surface area contributed by atoms with Crippen LogP contribution in [0.3, 0.4) is 0 Å². The second kappa shape index (κ2) is 10.8. The van der Waals surface area contributed by atoms with Crippen LogP contribution in [-0.2, 0) is 19.6 Å². The van der Waals surface area contributed by atoms with Gasteiger partial charge in [0, 0.05) is 39.1 Å². The Bertz CT molecular complexity index is 886. The largest absolute Gasteiger partial charge is 0.352 e. The summed E-state index contributed by atoms with van der Waals surface area (Å²) in [6, 6.07) is 15.1. The minimum atomic E-state index is 0. The van der Waals surface area contributed by atoms with Crippen molar-refractivity contribution in [2.75, 3.05) is 7.05 Å². The molecule has 0 unspecified atom stereocenters. The summed E-state index contributed by atoms with van der Waals surface area (Å²) in [5.41, 5.74) is 6.35. The molecule has 0 bridgehead atoms. The Morgan fingerprint density at radius 2 is 1.71 bits per heavy atom. The van der Waals surface area contributed by atoms with Crippen LogP contribution in [0.5, 0.6) is 0 Å². The third kappa shape index (κ3) is 6.37. The van der Waals surface area contributed by atoms with Gasteiger partial charge in [0.1, 0.15) is 0 Å². The number of halogens is 1. The third-order valence-corrected chi connectivity index (χ3v) is 4.58. The lowest BCUT2D eigenvalue weighted by molar-refractivity contribution is 0.791. The van der Waals surface area contributed by atoms with Crippen molar-refractivity contribution in [3.05, 3.63) is 89.0 Å². The molecule has 3 rings (SSSR count). The van der Waals surface area contributed by atoms with Crippen molar-refractivity contribution in [3.8, 4) is 0 Å². The van der Waals surface area contributed by atoms with Crippen LogP contribution in [0.25, 0.3) is 0 Å². The van der Waals surface area contributed by atoms with Crippen LogP contribution in [0.4, 0.5) is 0 Å². The van der Waals surface area contributed by atoms with Crippen LogP contribution in [-0.4, -0.2) is 22.6 Å². The van der Waals surface area contributed by atoms with Crippen molar-refractivity contribution in [3.63, 3.8) is 0 Å². The average Bonchev–Trinajstić information content (AvgIpc) is 3.17. The minimum absolute atomic E-state index is 0. The molecule has 2 aromatic carbocycles. The molecule has 0 aliphatic heterocycles. The molecule has 6 heteroatoms. The number of hydrogen-bond acceptors (Lipinski definition) is 2. The predicted molar refractivity (Wildman–Crippen MR) is 126 cm³/mol. The number of hydrogen-bond donors (Lipinski definition) is 2. The maximum Gasteiger partial charge on any atom is 0.191 e. The molecule has 5 nitrogen and oxygen atoms in total. The summed E-state index contributed by atoms with van der Waals surface area (Å²) in [5, 5.41) is 6.76. The summed E-state index contributed by atoms with van der Waals surface area (Å²) in [7, 11) is 1.80. The quantitative estimate of drug-likeness (QED) is 0.313. The Hall–Kier alpha value is -2.35. The number of nitrogens with zero attached hydrogens (tertiary/aromatic N) is 3. The maximum absolute atomic E-state index is 4.32. The van der Waals surface area contributed by atoms with Gasteiger partial charge in [-0.25, -0.2) is 4.98 Å². The zero-order valence-electron chi connectivity index (χ0n) is 16.6. The van der Waals surface area contributed by atoms with Crippen LogP contribution in [0.2, 0.25) is 0 Å². The van der Waals surface area contributed by atoms with E-state index in [1.54, 1.807) is 13.2 Å².